The van der Waals surface area contributed by atoms with Gasteiger partial charge in [-0.15, -0.1) is 0 Å². The Morgan fingerprint density at radius 2 is 2.21 bits per heavy atom. The fourth-order valence-electron chi connectivity index (χ4n) is 2.25. The summed E-state index contributed by atoms with van der Waals surface area (Å²) in [7, 11) is 0. The molecular weight excluding hydrogens is 308 g/mol. The molecule has 1 aliphatic carbocycles. The van der Waals surface area contributed by atoms with E-state index in [2.05, 4.69) is 27.3 Å². The Bertz CT molecular complexity index is 500. The number of hydrogen-bond acceptors (Lipinski definition) is 3. The highest BCUT2D eigenvalue weighted by Crippen LogP contribution is 2.27. The normalized spacial score (nSPS) is 14.9. The van der Waals surface area contributed by atoms with E-state index in [1.54, 1.807) is 6.07 Å². The van der Waals surface area contributed by atoms with E-state index in [0.717, 1.165) is 23.1 Å². The SMILES string of the molecule is O=[N+]([O-])c1ccc(NCCC2=CCCCC2)c(Br)c1. The number of rotatable bonds is 5. The highest BCUT2D eigenvalue weighted by atomic mass is 79.9. The molecule has 1 aliphatic rings. The van der Waals surface area contributed by atoms with E-state index in [-0.39, 0.29) is 10.6 Å². The van der Waals surface area contributed by atoms with Gasteiger partial charge in [0.2, 0.25) is 0 Å². The van der Waals surface area contributed by atoms with Gasteiger partial charge in [-0.05, 0) is 54.1 Å². The quantitative estimate of drug-likeness (QED) is 0.487. The van der Waals surface area contributed by atoms with Gasteiger partial charge in [0.25, 0.3) is 5.69 Å². The van der Waals surface area contributed by atoms with Crippen LogP contribution in [0.1, 0.15) is 32.1 Å². The van der Waals surface area contributed by atoms with Crippen LogP contribution in [-0.2, 0) is 0 Å². The van der Waals surface area contributed by atoms with Gasteiger partial charge in [0, 0.05) is 28.8 Å². The lowest BCUT2D eigenvalue weighted by Gasteiger charge is -2.14. The van der Waals surface area contributed by atoms with Crippen molar-refractivity contribution in [3.05, 3.63) is 44.4 Å². The lowest BCUT2D eigenvalue weighted by molar-refractivity contribution is -0.384. The molecule has 1 N–H and O–H groups in total. The average Bonchev–Trinajstić information content (AvgIpc) is 2.41. The number of nitro groups is 1. The van der Waals surface area contributed by atoms with Crippen LogP contribution in [0.4, 0.5) is 11.4 Å². The summed E-state index contributed by atoms with van der Waals surface area (Å²) in [5.41, 5.74) is 2.53. The summed E-state index contributed by atoms with van der Waals surface area (Å²) in [6, 6.07) is 4.80. The third-order valence-electron chi connectivity index (χ3n) is 3.31. The molecule has 0 aromatic heterocycles. The lowest BCUT2D eigenvalue weighted by Crippen LogP contribution is -2.05. The number of hydrogen-bond donors (Lipinski definition) is 1. The summed E-state index contributed by atoms with van der Waals surface area (Å²) in [4.78, 5) is 10.3. The van der Waals surface area contributed by atoms with E-state index >= 15 is 0 Å². The van der Waals surface area contributed by atoms with Gasteiger partial charge in [0.05, 0.1) is 4.92 Å². The van der Waals surface area contributed by atoms with Gasteiger partial charge in [-0.3, -0.25) is 10.1 Å². The zero-order valence-corrected chi connectivity index (χ0v) is 12.3. The van der Waals surface area contributed by atoms with Gasteiger partial charge >= 0.3 is 0 Å². The van der Waals surface area contributed by atoms with Crippen LogP contribution in [-0.4, -0.2) is 11.5 Å². The molecule has 0 atom stereocenters. The summed E-state index contributed by atoms with van der Waals surface area (Å²) >= 11 is 3.36. The minimum absolute atomic E-state index is 0.104. The molecule has 0 bridgehead atoms. The minimum Gasteiger partial charge on any atom is -0.384 e. The maximum Gasteiger partial charge on any atom is 0.270 e. The maximum atomic E-state index is 10.6. The number of anilines is 1. The molecule has 1 aromatic rings. The standard InChI is InChI=1S/C14H17BrN2O2/c15-13-10-12(17(18)19)6-7-14(13)16-9-8-11-4-2-1-3-5-11/h4,6-7,10,16H,1-3,5,8-9H2. The molecule has 5 heteroatoms. The summed E-state index contributed by atoms with van der Waals surface area (Å²) in [5.74, 6) is 0. The number of allylic oxidation sites excluding steroid dienone is 1. The summed E-state index contributed by atoms with van der Waals surface area (Å²) in [6.45, 7) is 0.863. The van der Waals surface area contributed by atoms with Crippen LogP contribution in [0.15, 0.2) is 34.3 Å². The number of non-ortho nitro benzene ring substituents is 1. The Labute approximate surface area is 121 Å². The van der Waals surface area contributed by atoms with E-state index in [9.17, 15) is 10.1 Å². The molecule has 0 unspecified atom stereocenters. The van der Waals surface area contributed by atoms with Gasteiger partial charge < -0.3 is 5.32 Å². The van der Waals surface area contributed by atoms with Gasteiger partial charge in [0.1, 0.15) is 0 Å². The second kappa shape index (κ2) is 6.70. The van der Waals surface area contributed by atoms with Gasteiger partial charge in [0.15, 0.2) is 0 Å². The van der Waals surface area contributed by atoms with Crippen LogP contribution in [0.25, 0.3) is 0 Å². The Morgan fingerprint density at radius 1 is 1.37 bits per heavy atom. The summed E-state index contributed by atoms with van der Waals surface area (Å²) < 4.78 is 0.735. The van der Waals surface area contributed by atoms with Gasteiger partial charge in [-0.2, -0.15) is 0 Å². The largest absolute Gasteiger partial charge is 0.384 e. The monoisotopic (exact) mass is 324 g/mol. The zero-order valence-electron chi connectivity index (χ0n) is 10.7. The van der Waals surface area contributed by atoms with E-state index in [4.69, 9.17) is 0 Å². The highest BCUT2D eigenvalue weighted by molar-refractivity contribution is 9.10. The smallest absolute Gasteiger partial charge is 0.270 e. The number of nitrogens with zero attached hydrogens (tertiary/aromatic N) is 1. The first-order valence-corrected chi connectivity index (χ1v) is 7.32. The summed E-state index contributed by atoms with van der Waals surface area (Å²) in [5, 5.41) is 14.0. The average molecular weight is 325 g/mol. The lowest BCUT2D eigenvalue weighted by atomic mass is 9.97. The van der Waals surface area contributed by atoms with Crippen LogP contribution < -0.4 is 5.32 Å². The number of halogens is 1. The van der Waals surface area contributed by atoms with Crippen LogP contribution in [0, 0.1) is 10.1 Å². The Morgan fingerprint density at radius 3 is 2.84 bits per heavy atom. The predicted molar refractivity (Wildman–Crippen MR) is 80.5 cm³/mol. The molecule has 0 saturated heterocycles. The Hall–Kier alpha value is -1.36. The van der Waals surface area contributed by atoms with E-state index in [1.807, 2.05) is 0 Å². The second-order valence-electron chi connectivity index (χ2n) is 4.71. The molecule has 0 aliphatic heterocycles. The molecule has 2 rings (SSSR count). The summed E-state index contributed by atoms with van der Waals surface area (Å²) in [6.07, 6.45) is 8.41. The molecule has 0 radical (unpaired) electrons. The van der Waals surface area contributed by atoms with Crippen molar-refractivity contribution in [2.24, 2.45) is 0 Å². The molecule has 19 heavy (non-hydrogen) atoms. The molecule has 1 aromatic carbocycles. The zero-order chi connectivity index (χ0) is 13.7. The topological polar surface area (TPSA) is 55.2 Å². The first-order valence-electron chi connectivity index (χ1n) is 6.52. The predicted octanol–water partition coefficient (Wildman–Crippen LogP) is 4.66. The van der Waals surface area contributed by atoms with Crippen molar-refractivity contribution in [2.75, 3.05) is 11.9 Å². The molecular formula is C14H17BrN2O2. The fraction of sp³-hybridized carbons (Fsp3) is 0.429. The molecule has 0 amide bonds. The van der Waals surface area contributed by atoms with Crippen molar-refractivity contribution in [3.8, 4) is 0 Å². The number of benzene rings is 1. The molecule has 0 spiro atoms. The van der Waals surface area contributed by atoms with Crippen molar-refractivity contribution in [1.82, 2.24) is 0 Å². The molecule has 0 fully saturated rings. The molecule has 0 saturated carbocycles. The van der Waals surface area contributed by atoms with Crippen LogP contribution in [0.5, 0.6) is 0 Å². The first kappa shape index (κ1) is 14.1. The fourth-order valence-corrected chi connectivity index (χ4v) is 2.76. The van der Waals surface area contributed by atoms with Crippen molar-refractivity contribution in [1.29, 1.82) is 0 Å². The van der Waals surface area contributed by atoms with Crippen molar-refractivity contribution < 1.29 is 4.92 Å². The Balaban J connectivity index is 1.89. The van der Waals surface area contributed by atoms with Crippen LogP contribution in [0.2, 0.25) is 0 Å². The maximum absolute atomic E-state index is 10.6. The molecule has 0 heterocycles. The van der Waals surface area contributed by atoms with Crippen LogP contribution in [0.3, 0.4) is 0 Å². The second-order valence-corrected chi connectivity index (χ2v) is 5.56. The minimum atomic E-state index is -0.388. The first-order chi connectivity index (χ1) is 9.16. The van der Waals surface area contributed by atoms with Crippen molar-refractivity contribution in [3.63, 3.8) is 0 Å². The molecule has 102 valence electrons. The third-order valence-corrected chi connectivity index (χ3v) is 3.97. The van der Waals surface area contributed by atoms with Crippen LogP contribution >= 0.6 is 15.9 Å². The van der Waals surface area contributed by atoms with Crippen molar-refractivity contribution in [2.45, 2.75) is 32.1 Å². The number of nitrogens with one attached hydrogen (secondary N) is 1. The van der Waals surface area contributed by atoms with Gasteiger partial charge in [-0.1, -0.05) is 11.6 Å². The van der Waals surface area contributed by atoms with E-state index in [0.29, 0.717) is 0 Å². The van der Waals surface area contributed by atoms with E-state index < -0.39 is 0 Å². The molecule has 4 nitrogen and oxygen atoms in total. The number of nitro benzene ring substituents is 1. The third kappa shape index (κ3) is 4.06. The highest BCUT2D eigenvalue weighted by Gasteiger charge is 2.09. The van der Waals surface area contributed by atoms with Gasteiger partial charge in [-0.25, -0.2) is 0 Å². The van der Waals surface area contributed by atoms with Crippen molar-refractivity contribution >= 4 is 27.3 Å². The Kier molecular flexibility index (Phi) is 4.96. The van der Waals surface area contributed by atoms with E-state index in [1.165, 1.54) is 43.4 Å².